The van der Waals surface area contributed by atoms with Gasteiger partial charge in [0.15, 0.2) is 5.65 Å². The van der Waals surface area contributed by atoms with Crippen LogP contribution < -0.4 is 11.1 Å². The molecule has 7 nitrogen and oxygen atoms in total. The summed E-state index contributed by atoms with van der Waals surface area (Å²) in [6, 6.07) is 12.5. The van der Waals surface area contributed by atoms with Crippen molar-refractivity contribution in [2.45, 2.75) is 32.4 Å². The van der Waals surface area contributed by atoms with Gasteiger partial charge >= 0.3 is 11.1 Å². The number of aryl methyl sites for hydroxylation is 3. The first-order valence-electron chi connectivity index (χ1n) is 10.8. The van der Waals surface area contributed by atoms with Gasteiger partial charge in [-0.2, -0.15) is 0 Å². The highest BCUT2D eigenvalue weighted by Gasteiger charge is 2.25. The quantitative estimate of drug-likeness (QED) is 0.481. The molecule has 1 aliphatic heterocycles. The molecule has 0 aliphatic carbocycles. The second kappa shape index (κ2) is 7.50. The molecule has 1 fully saturated rings. The summed E-state index contributed by atoms with van der Waals surface area (Å²) < 4.78 is 5.19. The zero-order valence-electron chi connectivity index (χ0n) is 18.2. The molecular formula is C24H27N5O2. The van der Waals surface area contributed by atoms with Crippen molar-refractivity contribution in [3.05, 3.63) is 74.6 Å². The average Bonchev–Trinajstić information content (AvgIpc) is 3.13. The Morgan fingerprint density at radius 1 is 0.968 bits per heavy atom. The van der Waals surface area contributed by atoms with E-state index in [1.165, 1.54) is 21.0 Å². The monoisotopic (exact) mass is 417 g/mol. The predicted molar refractivity (Wildman–Crippen MR) is 122 cm³/mol. The van der Waals surface area contributed by atoms with Crippen molar-refractivity contribution in [1.29, 1.82) is 0 Å². The molecule has 7 heteroatoms. The van der Waals surface area contributed by atoms with Crippen LogP contribution in [0.25, 0.3) is 22.1 Å². The fraction of sp³-hybridized carbons (Fsp3) is 0.375. The van der Waals surface area contributed by atoms with Crippen LogP contribution in [0, 0.1) is 6.92 Å². The third-order valence-electron chi connectivity index (χ3n) is 6.57. The molecule has 0 bridgehead atoms. The lowest BCUT2D eigenvalue weighted by atomic mass is 10.0. The summed E-state index contributed by atoms with van der Waals surface area (Å²) in [5.41, 5.74) is 3.73. The summed E-state index contributed by atoms with van der Waals surface area (Å²) in [6.45, 7) is 4.56. The summed E-state index contributed by atoms with van der Waals surface area (Å²) >= 11 is 0. The highest BCUT2D eigenvalue weighted by Crippen LogP contribution is 2.25. The zero-order valence-corrected chi connectivity index (χ0v) is 18.2. The van der Waals surface area contributed by atoms with E-state index >= 15 is 0 Å². The van der Waals surface area contributed by atoms with Crippen molar-refractivity contribution in [2.75, 3.05) is 13.1 Å². The minimum absolute atomic E-state index is 0.00828. The molecule has 0 spiro atoms. The van der Waals surface area contributed by atoms with Crippen molar-refractivity contribution >= 4 is 22.1 Å². The smallest absolute Gasteiger partial charge is 0.318 e. The fourth-order valence-electron chi connectivity index (χ4n) is 4.79. The van der Waals surface area contributed by atoms with Gasteiger partial charge < -0.3 is 9.13 Å². The van der Waals surface area contributed by atoms with Gasteiger partial charge in [-0.1, -0.05) is 6.07 Å². The highest BCUT2D eigenvalue weighted by atomic mass is 16.2. The fourth-order valence-corrected chi connectivity index (χ4v) is 4.79. The molecule has 0 amide bonds. The van der Waals surface area contributed by atoms with E-state index in [0.717, 1.165) is 38.2 Å². The van der Waals surface area contributed by atoms with Gasteiger partial charge in [0.05, 0.1) is 5.52 Å². The number of piperidine rings is 1. The molecule has 1 aromatic carbocycles. The SMILES string of the molecule is Cc1ccc2c(n1)n(C1CCN(Cc3ccc4c(ccn4C)c3)CC1)c(=O)c(=O)n2C. The van der Waals surface area contributed by atoms with Crippen LogP contribution in [-0.4, -0.2) is 36.7 Å². The molecular weight excluding hydrogens is 390 g/mol. The van der Waals surface area contributed by atoms with E-state index in [9.17, 15) is 9.59 Å². The van der Waals surface area contributed by atoms with E-state index < -0.39 is 11.1 Å². The van der Waals surface area contributed by atoms with Crippen molar-refractivity contribution in [2.24, 2.45) is 14.1 Å². The summed E-state index contributed by atoms with van der Waals surface area (Å²) in [6.07, 6.45) is 3.73. The Hall–Kier alpha value is -3.19. The lowest BCUT2D eigenvalue weighted by Crippen LogP contribution is -2.45. The van der Waals surface area contributed by atoms with E-state index in [0.29, 0.717) is 11.2 Å². The maximum atomic E-state index is 12.9. The highest BCUT2D eigenvalue weighted by molar-refractivity contribution is 5.80. The molecule has 4 aromatic rings. The summed E-state index contributed by atoms with van der Waals surface area (Å²) in [5, 5.41) is 1.26. The van der Waals surface area contributed by atoms with E-state index in [1.807, 2.05) is 19.1 Å². The van der Waals surface area contributed by atoms with E-state index in [-0.39, 0.29) is 6.04 Å². The van der Waals surface area contributed by atoms with Crippen molar-refractivity contribution in [3.8, 4) is 0 Å². The van der Waals surface area contributed by atoms with Crippen molar-refractivity contribution in [3.63, 3.8) is 0 Å². The molecule has 1 saturated heterocycles. The normalized spacial score (nSPS) is 15.8. The number of rotatable bonds is 3. The van der Waals surface area contributed by atoms with Gasteiger partial charge in [0, 0.05) is 57.2 Å². The molecule has 0 radical (unpaired) electrons. The second-order valence-corrected chi connectivity index (χ2v) is 8.66. The van der Waals surface area contributed by atoms with Crippen LogP contribution in [0.15, 0.2) is 52.2 Å². The molecule has 0 N–H and O–H groups in total. The number of fused-ring (bicyclic) bond motifs is 2. The van der Waals surface area contributed by atoms with Gasteiger partial charge in [-0.25, -0.2) is 4.98 Å². The Morgan fingerprint density at radius 3 is 2.48 bits per heavy atom. The Labute approximate surface area is 180 Å². The second-order valence-electron chi connectivity index (χ2n) is 8.66. The van der Waals surface area contributed by atoms with E-state index in [4.69, 9.17) is 0 Å². The Kier molecular flexibility index (Phi) is 4.78. The van der Waals surface area contributed by atoms with Gasteiger partial charge in [-0.05, 0) is 61.0 Å². The first kappa shape index (κ1) is 19.8. The van der Waals surface area contributed by atoms with Crippen molar-refractivity contribution < 1.29 is 0 Å². The minimum atomic E-state index is -0.489. The summed E-state index contributed by atoms with van der Waals surface area (Å²) in [5.74, 6) is 0. The molecule has 160 valence electrons. The van der Waals surface area contributed by atoms with E-state index in [2.05, 4.69) is 52.0 Å². The largest absolute Gasteiger partial charge is 0.351 e. The molecule has 5 rings (SSSR count). The van der Waals surface area contributed by atoms with Gasteiger partial charge in [0.2, 0.25) is 0 Å². The number of aromatic nitrogens is 4. The van der Waals surface area contributed by atoms with Crippen LogP contribution in [0.1, 0.15) is 30.1 Å². The number of benzene rings is 1. The number of nitrogens with zero attached hydrogens (tertiary/aromatic N) is 5. The maximum absolute atomic E-state index is 12.9. The molecule has 31 heavy (non-hydrogen) atoms. The Balaban J connectivity index is 1.39. The first-order valence-corrected chi connectivity index (χ1v) is 10.8. The van der Waals surface area contributed by atoms with Gasteiger partial charge in [0.25, 0.3) is 0 Å². The molecule has 0 saturated carbocycles. The third kappa shape index (κ3) is 3.39. The molecule has 4 heterocycles. The molecule has 1 aliphatic rings. The molecule has 3 aromatic heterocycles. The standard InChI is InChI=1S/C24H27N5O2/c1-16-4-6-21-22(25-16)29(24(31)23(30)27(21)3)19-9-12-28(13-10-19)15-17-5-7-20-18(14-17)8-11-26(20)2/h4-8,11,14,19H,9-10,12-13,15H2,1-3H3. The minimum Gasteiger partial charge on any atom is -0.351 e. The summed E-state index contributed by atoms with van der Waals surface area (Å²) in [7, 11) is 3.70. The zero-order chi connectivity index (χ0) is 21.7. The number of pyridine rings is 1. The number of hydrogen-bond acceptors (Lipinski definition) is 4. The Morgan fingerprint density at radius 2 is 1.71 bits per heavy atom. The molecule has 0 atom stereocenters. The third-order valence-corrected chi connectivity index (χ3v) is 6.57. The predicted octanol–water partition coefficient (Wildman–Crippen LogP) is 2.73. The average molecular weight is 418 g/mol. The van der Waals surface area contributed by atoms with Crippen molar-refractivity contribution in [1.82, 2.24) is 23.6 Å². The maximum Gasteiger partial charge on any atom is 0.318 e. The topological polar surface area (TPSA) is 65.1 Å². The lowest BCUT2D eigenvalue weighted by molar-refractivity contribution is 0.179. The van der Waals surface area contributed by atoms with Gasteiger partial charge in [-0.15, -0.1) is 0 Å². The summed E-state index contributed by atoms with van der Waals surface area (Å²) in [4.78, 5) is 32.5. The van der Waals surface area contributed by atoms with Crippen LogP contribution in [0.3, 0.4) is 0 Å². The lowest BCUT2D eigenvalue weighted by Gasteiger charge is -2.33. The van der Waals surface area contributed by atoms with Gasteiger partial charge in [-0.3, -0.25) is 19.1 Å². The van der Waals surface area contributed by atoms with E-state index in [1.54, 1.807) is 11.6 Å². The number of likely N-dealkylation sites (tertiary alicyclic amines) is 1. The number of hydrogen-bond donors (Lipinski definition) is 0. The molecule has 0 unspecified atom stereocenters. The van der Waals surface area contributed by atoms with Crippen LogP contribution in [-0.2, 0) is 20.6 Å². The first-order chi connectivity index (χ1) is 14.9. The van der Waals surface area contributed by atoms with Crippen LogP contribution in [0.4, 0.5) is 0 Å². The van der Waals surface area contributed by atoms with Crippen LogP contribution in [0.5, 0.6) is 0 Å². The van der Waals surface area contributed by atoms with Crippen LogP contribution >= 0.6 is 0 Å². The Bertz CT molecular complexity index is 1400. The van der Waals surface area contributed by atoms with Crippen LogP contribution in [0.2, 0.25) is 0 Å². The van der Waals surface area contributed by atoms with Gasteiger partial charge in [0.1, 0.15) is 0 Å².